The summed E-state index contributed by atoms with van der Waals surface area (Å²) in [4.78, 5) is 10.7. The molecule has 2 heterocycles. The average Bonchev–Trinajstić information content (AvgIpc) is 2.38. The molecule has 6 nitrogen and oxygen atoms in total. The molecule has 1 aliphatic heterocycles. The molecule has 0 radical (unpaired) electrons. The van der Waals surface area contributed by atoms with Crippen LogP contribution in [0.2, 0.25) is 0 Å². The Morgan fingerprint density at radius 2 is 2.06 bits per heavy atom. The second-order valence-corrected chi connectivity index (χ2v) is 6.29. The maximum Gasteiger partial charge on any atom is 0.148 e. The van der Waals surface area contributed by atoms with Gasteiger partial charge in [0.05, 0.1) is 0 Å². The molecule has 2 rings (SSSR count). The molecule has 18 heavy (non-hydrogen) atoms. The highest BCUT2D eigenvalue weighted by atomic mass is 32.2. The first-order valence-corrected chi connectivity index (χ1v) is 7.53. The van der Waals surface area contributed by atoms with Crippen LogP contribution in [-0.4, -0.2) is 38.8 Å². The number of hydrogen-bond donors (Lipinski definition) is 2. The summed E-state index contributed by atoms with van der Waals surface area (Å²) in [5.41, 5.74) is 3.65. The summed E-state index contributed by atoms with van der Waals surface area (Å²) in [6.07, 6.45) is 1.52. The second kappa shape index (κ2) is 5.62. The number of nitrogens with two attached hydrogens (primary N) is 1. The highest BCUT2D eigenvalue weighted by molar-refractivity contribution is 7.85. The largest absolute Gasteiger partial charge is 0.354 e. The minimum absolute atomic E-state index is 0.277. The van der Waals surface area contributed by atoms with Crippen LogP contribution < -0.4 is 16.2 Å². The summed E-state index contributed by atoms with van der Waals surface area (Å²) >= 11 is 0. The molecule has 0 bridgehead atoms. The van der Waals surface area contributed by atoms with Crippen molar-refractivity contribution in [1.82, 2.24) is 9.97 Å². The quantitative estimate of drug-likeness (QED) is 0.612. The average molecular weight is 269 g/mol. The van der Waals surface area contributed by atoms with E-state index in [2.05, 4.69) is 34.1 Å². The summed E-state index contributed by atoms with van der Waals surface area (Å²) in [5.74, 6) is 8.76. The summed E-state index contributed by atoms with van der Waals surface area (Å²) in [5, 5.41) is 0. The first-order chi connectivity index (χ1) is 8.63. The van der Waals surface area contributed by atoms with Crippen molar-refractivity contribution in [1.29, 1.82) is 0 Å². The Bertz CT molecular complexity index is 441. The lowest BCUT2D eigenvalue weighted by Crippen LogP contribution is -2.39. The van der Waals surface area contributed by atoms with Crippen molar-refractivity contribution >= 4 is 22.4 Å². The number of hydrogen-bond acceptors (Lipinski definition) is 6. The first-order valence-electron chi connectivity index (χ1n) is 6.05. The number of nitrogen functional groups attached to an aromatic ring is 1. The minimum atomic E-state index is -0.685. The van der Waals surface area contributed by atoms with E-state index in [9.17, 15) is 4.21 Å². The van der Waals surface area contributed by atoms with E-state index in [1.54, 1.807) is 0 Å². The van der Waals surface area contributed by atoms with Gasteiger partial charge in [-0.2, -0.15) is 0 Å². The highest BCUT2D eigenvalue weighted by Gasteiger charge is 2.22. The smallest absolute Gasteiger partial charge is 0.148 e. The van der Waals surface area contributed by atoms with E-state index < -0.39 is 10.8 Å². The van der Waals surface area contributed by atoms with E-state index in [0.717, 1.165) is 24.5 Å². The van der Waals surface area contributed by atoms with Crippen LogP contribution in [0.5, 0.6) is 0 Å². The van der Waals surface area contributed by atoms with Crippen molar-refractivity contribution in [2.45, 2.75) is 19.8 Å². The van der Waals surface area contributed by atoms with Crippen molar-refractivity contribution in [2.75, 3.05) is 34.9 Å². The van der Waals surface area contributed by atoms with E-state index in [1.165, 1.54) is 6.33 Å². The van der Waals surface area contributed by atoms with Gasteiger partial charge < -0.3 is 10.3 Å². The Kier molecular flexibility index (Phi) is 4.13. The summed E-state index contributed by atoms with van der Waals surface area (Å²) in [7, 11) is -0.685. The van der Waals surface area contributed by atoms with Crippen molar-refractivity contribution < 1.29 is 4.21 Å². The van der Waals surface area contributed by atoms with E-state index in [4.69, 9.17) is 5.84 Å². The van der Waals surface area contributed by atoms with Gasteiger partial charge in [-0.05, 0) is 5.92 Å². The first kappa shape index (κ1) is 13.2. The van der Waals surface area contributed by atoms with E-state index >= 15 is 0 Å². The van der Waals surface area contributed by atoms with Crippen molar-refractivity contribution in [2.24, 2.45) is 5.84 Å². The second-order valence-electron chi connectivity index (χ2n) is 4.59. The number of rotatable bonds is 3. The van der Waals surface area contributed by atoms with Gasteiger partial charge in [0.15, 0.2) is 0 Å². The van der Waals surface area contributed by atoms with Gasteiger partial charge in [0.2, 0.25) is 0 Å². The van der Waals surface area contributed by atoms with Crippen LogP contribution in [0.15, 0.2) is 6.33 Å². The fourth-order valence-corrected chi connectivity index (χ4v) is 3.19. The molecular formula is C11H19N5OS. The molecule has 0 amide bonds. The van der Waals surface area contributed by atoms with Gasteiger partial charge >= 0.3 is 0 Å². The van der Waals surface area contributed by atoms with E-state index in [1.807, 2.05) is 0 Å². The Morgan fingerprint density at radius 1 is 1.39 bits per heavy atom. The molecule has 0 atom stereocenters. The predicted octanol–water partition coefficient (Wildman–Crippen LogP) is 0.454. The van der Waals surface area contributed by atoms with Gasteiger partial charge in [-0.3, -0.25) is 4.21 Å². The Morgan fingerprint density at radius 3 is 2.61 bits per heavy atom. The SMILES string of the molecule is CC(C)c1c(NN)ncnc1N1CCS(=O)CC1. The predicted molar refractivity (Wildman–Crippen MR) is 74.0 cm³/mol. The van der Waals surface area contributed by atoms with Crippen LogP contribution >= 0.6 is 0 Å². The third-order valence-electron chi connectivity index (χ3n) is 3.05. The fourth-order valence-electron chi connectivity index (χ4n) is 2.13. The van der Waals surface area contributed by atoms with Gasteiger partial charge in [0.1, 0.15) is 18.0 Å². The molecule has 7 heteroatoms. The lowest BCUT2D eigenvalue weighted by atomic mass is 10.0. The number of hydrazine groups is 1. The molecule has 1 aromatic heterocycles. The topological polar surface area (TPSA) is 84.1 Å². The maximum absolute atomic E-state index is 11.4. The molecular weight excluding hydrogens is 250 g/mol. The Balaban J connectivity index is 2.34. The summed E-state index contributed by atoms with van der Waals surface area (Å²) < 4.78 is 11.4. The van der Waals surface area contributed by atoms with E-state index in [-0.39, 0.29) is 5.92 Å². The molecule has 0 aliphatic carbocycles. The van der Waals surface area contributed by atoms with Gasteiger partial charge in [-0.15, -0.1) is 0 Å². The van der Waals surface area contributed by atoms with Crippen molar-refractivity contribution in [3.63, 3.8) is 0 Å². The third kappa shape index (κ3) is 2.62. The van der Waals surface area contributed by atoms with E-state index in [0.29, 0.717) is 17.3 Å². The molecule has 1 fully saturated rings. The lowest BCUT2D eigenvalue weighted by molar-refractivity contribution is 0.671. The van der Waals surface area contributed by atoms with Gasteiger partial charge in [-0.25, -0.2) is 15.8 Å². The van der Waals surface area contributed by atoms with Crippen LogP contribution in [0.1, 0.15) is 25.3 Å². The summed E-state index contributed by atoms with van der Waals surface area (Å²) in [6, 6.07) is 0. The van der Waals surface area contributed by atoms with Crippen LogP contribution in [0.3, 0.4) is 0 Å². The van der Waals surface area contributed by atoms with Crippen molar-refractivity contribution in [3.05, 3.63) is 11.9 Å². The maximum atomic E-state index is 11.4. The molecule has 0 saturated carbocycles. The Hall–Kier alpha value is -1.21. The van der Waals surface area contributed by atoms with Crippen LogP contribution in [0, 0.1) is 0 Å². The number of nitrogens with one attached hydrogen (secondary N) is 1. The van der Waals surface area contributed by atoms with Crippen molar-refractivity contribution in [3.8, 4) is 0 Å². The third-order valence-corrected chi connectivity index (χ3v) is 4.33. The zero-order valence-electron chi connectivity index (χ0n) is 10.7. The normalized spacial score (nSPS) is 17.2. The monoisotopic (exact) mass is 269 g/mol. The number of anilines is 2. The molecule has 1 saturated heterocycles. The number of nitrogens with zero attached hydrogens (tertiary/aromatic N) is 3. The van der Waals surface area contributed by atoms with Gasteiger partial charge in [0.25, 0.3) is 0 Å². The molecule has 3 N–H and O–H groups in total. The molecule has 1 aliphatic rings. The molecule has 0 aromatic carbocycles. The zero-order valence-corrected chi connectivity index (χ0v) is 11.5. The van der Waals surface area contributed by atoms with Gasteiger partial charge in [0, 0.05) is 41.0 Å². The standard InChI is InChI=1S/C11H19N5OS/c1-8(2)9-10(15-12)13-7-14-11(9)16-3-5-18(17)6-4-16/h7-8H,3-6,12H2,1-2H3,(H,13,14,15). The fraction of sp³-hybridized carbons (Fsp3) is 0.636. The van der Waals surface area contributed by atoms with Crippen LogP contribution in [-0.2, 0) is 10.8 Å². The lowest BCUT2D eigenvalue weighted by Gasteiger charge is -2.30. The van der Waals surface area contributed by atoms with Gasteiger partial charge in [-0.1, -0.05) is 13.8 Å². The molecule has 1 aromatic rings. The molecule has 0 unspecified atom stereocenters. The molecule has 0 spiro atoms. The minimum Gasteiger partial charge on any atom is -0.354 e. The molecule has 100 valence electrons. The Labute approximate surface area is 109 Å². The highest BCUT2D eigenvalue weighted by Crippen LogP contribution is 2.30. The van der Waals surface area contributed by atoms with Crippen LogP contribution in [0.4, 0.5) is 11.6 Å². The zero-order chi connectivity index (χ0) is 13.1. The number of aromatic nitrogens is 2. The van der Waals surface area contributed by atoms with Crippen LogP contribution in [0.25, 0.3) is 0 Å². The summed E-state index contributed by atoms with van der Waals surface area (Å²) in [6.45, 7) is 5.72.